The van der Waals surface area contributed by atoms with Crippen LogP contribution in [0, 0.1) is 3.95 Å². The molecule has 0 spiro atoms. The molecule has 27 heavy (non-hydrogen) atoms. The molecule has 3 rings (SSSR count). The van der Waals surface area contributed by atoms with E-state index in [0.29, 0.717) is 21.9 Å². The van der Waals surface area contributed by atoms with Gasteiger partial charge in [-0.1, -0.05) is 0 Å². The number of rotatable bonds is 6. The molecule has 1 aliphatic rings. The highest BCUT2D eigenvalue weighted by atomic mass is 32.1. The van der Waals surface area contributed by atoms with Crippen molar-refractivity contribution in [2.24, 2.45) is 4.99 Å². The summed E-state index contributed by atoms with van der Waals surface area (Å²) in [6.45, 7) is 0. The third-order valence-electron chi connectivity index (χ3n) is 3.95. The van der Waals surface area contributed by atoms with Gasteiger partial charge in [0, 0.05) is 23.4 Å². The van der Waals surface area contributed by atoms with Gasteiger partial charge in [-0.2, -0.15) is 0 Å². The van der Waals surface area contributed by atoms with Crippen molar-refractivity contribution in [3.05, 3.63) is 32.6 Å². The summed E-state index contributed by atoms with van der Waals surface area (Å²) >= 11 is 6.14. The standard InChI is InChI=1S/C17H14N2O6S2/c1-25-9-2-3-10-8(7-18-11(10)5-9)4-13-15(22)19(17(26)27-13)12(16(23)24)6-14(20)21/h2-5,7,12,22H,6H2,1H3,(H,20,21)(H,23,24). The normalized spacial score (nSPS) is 14.9. The largest absolute Gasteiger partial charge is 0.497 e. The molecule has 0 amide bonds. The fraction of sp³-hybridized carbons (Fsp3) is 0.176. The Morgan fingerprint density at radius 1 is 1.41 bits per heavy atom. The number of aliphatic imine (C=N–C) groups is 1. The number of carboxylic acids is 2. The second-order valence-electron chi connectivity index (χ2n) is 5.62. The van der Waals surface area contributed by atoms with Gasteiger partial charge in [0.15, 0.2) is 3.95 Å². The maximum atomic E-state index is 11.4. The Labute approximate surface area is 162 Å². The summed E-state index contributed by atoms with van der Waals surface area (Å²) < 4.78 is 6.18. The van der Waals surface area contributed by atoms with Crippen LogP contribution in [-0.2, 0) is 9.59 Å². The van der Waals surface area contributed by atoms with E-state index in [-0.39, 0.29) is 9.83 Å². The molecule has 0 bridgehead atoms. The lowest BCUT2D eigenvalue weighted by atomic mass is 10.1. The average Bonchev–Trinajstić information content (AvgIpc) is 3.13. The monoisotopic (exact) mass is 406 g/mol. The number of aliphatic carboxylic acids is 2. The van der Waals surface area contributed by atoms with Crippen molar-refractivity contribution in [2.75, 3.05) is 7.11 Å². The van der Waals surface area contributed by atoms with E-state index >= 15 is 0 Å². The molecule has 8 nitrogen and oxygen atoms in total. The molecule has 1 atom stereocenters. The number of allylic oxidation sites excluding steroid dienone is 1. The average molecular weight is 406 g/mol. The number of aromatic hydroxyl groups is 1. The summed E-state index contributed by atoms with van der Waals surface area (Å²) in [6.07, 6.45) is 2.55. The van der Waals surface area contributed by atoms with Crippen LogP contribution < -0.4 is 4.74 Å². The zero-order valence-corrected chi connectivity index (χ0v) is 15.6. The Balaban J connectivity index is 2.03. The molecule has 0 saturated carbocycles. The van der Waals surface area contributed by atoms with E-state index in [1.54, 1.807) is 31.5 Å². The third-order valence-corrected chi connectivity index (χ3v) is 5.29. The van der Waals surface area contributed by atoms with Crippen LogP contribution in [0.2, 0.25) is 0 Å². The molecular weight excluding hydrogens is 392 g/mol. The predicted octanol–water partition coefficient (Wildman–Crippen LogP) is 3.35. The SMILES string of the molecule is COc1ccc2c(c1)N=CC2=Cc1sc(=S)n(C(CC(=O)O)C(=O)O)c1O. The van der Waals surface area contributed by atoms with E-state index in [1.165, 1.54) is 0 Å². The number of thiazole rings is 1. The maximum Gasteiger partial charge on any atom is 0.327 e. The summed E-state index contributed by atoms with van der Waals surface area (Å²) in [4.78, 5) is 27.0. The number of fused-ring (bicyclic) bond motifs is 1. The van der Waals surface area contributed by atoms with Crippen molar-refractivity contribution in [3.8, 4) is 11.6 Å². The van der Waals surface area contributed by atoms with Gasteiger partial charge >= 0.3 is 11.9 Å². The Morgan fingerprint density at radius 2 is 2.15 bits per heavy atom. The summed E-state index contributed by atoms with van der Waals surface area (Å²) in [5.41, 5.74) is 2.23. The van der Waals surface area contributed by atoms with Crippen LogP contribution in [-0.4, -0.2) is 45.1 Å². The molecule has 0 saturated heterocycles. The minimum absolute atomic E-state index is 0.0675. The van der Waals surface area contributed by atoms with Crippen molar-refractivity contribution in [3.63, 3.8) is 0 Å². The Morgan fingerprint density at radius 3 is 2.78 bits per heavy atom. The van der Waals surface area contributed by atoms with Crippen LogP contribution in [0.4, 0.5) is 5.69 Å². The minimum Gasteiger partial charge on any atom is -0.497 e. The topological polar surface area (TPSA) is 121 Å². The molecular formula is C17H14N2O6S2. The quantitative estimate of drug-likeness (QED) is 0.629. The number of carbonyl (C=O) groups is 2. The van der Waals surface area contributed by atoms with Crippen LogP contribution in [0.25, 0.3) is 11.6 Å². The van der Waals surface area contributed by atoms with Gasteiger partial charge in [0.2, 0.25) is 5.88 Å². The van der Waals surface area contributed by atoms with Crippen LogP contribution in [0.3, 0.4) is 0 Å². The number of hydrogen-bond donors (Lipinski definition) is 3. The van der Waals surface area contributed by atoms with Gasteiger partial charge in [0.25, 0.3) is 0 Å². The van der Waals surface area contributed by atoms with E-state index in [0.717, 1.165) is 21.5 Å². The fourth-order valence-electron chi connectivity index (χ4n) is 2.67. The molecule has 1 aliphatic heterocycles. The molecule has 140 valence electrons. The lowest BCUT2D eigenvalue weighted by Gasteiger charge is -2.12. The zero-order chi connectivity index (χ0) is 19.7. The Hall–Kier alpha value is -2.98. The highest BCUT2D eigenvalue weighted by Gasteiger charge is 2.28. The van der Waals surface area contributed by atoms with E-state index < -0.39 is 24.4 Å². The van der Waals surface area contributed by atoms with E-state index in [4.69, 9.17) is 22.1 Å². The van der Waals surface area contributed by atoms with Gasteiger partial charge < -0.3 is 20.1 Å². The van der Waals surface area contributed by atoms with Gasteiger partial charge in [-0.3, -0.25) is 14.4 Å². The number of methoxy groups -OCH3 is 1. The fourth-order valence-corrected chi connectivity index (χ4v) is 4.03. The van der Waals surface area contributed by atoms with Crippen LogP contribution in [0.15, 0.2) is 23.2 Å². The van der Waals surface area contributed by atoms with Crippen molar-refractivity contribution in [1.82, 2.24) is 4.57 Å². The first-order valence-corrected chi connectivity index (χ1v) is 8.87. The zero-order valence-electron chi connectivity index (χ0n) is 13.9. The summed E-state index contributed by atoms with van der Waals surface area (Å²) in [5.74, 6) is -2.42. The summed E-state index contributed by atoms with van der Waals surface area (Å²) in [6, 6.07) is 3.88. The molecule has 1 aromatic heterocycles. The van der Waals surface area contributed by atoms with Gasteiger partial charge in [-0.05, 0) is 30.4 Å². The number of carboxylic acid groups (broad SMARTS) is 2. The maximum absolute atomic E-state index is 11.4. The van der Waals surface area contributed by atoms with Crippen molar-refractivity contribution >= 4 is 59.0 Å². The third kappa shape index (κ3) is 3.62. The smallest absolute Gasteiger partial charge is 0.327 e. The van der Waals surface area contributed by atoms with Gasteiger partial charge in [0.05, 0.1) is 24.1 Å². The van der Waals surface area contributed by atoms with Crippen molar-refractivity contribution < 1.29 is 29.6 Å². The van der Waals surface area contributed by atoms with Crippen LogP contribution >= 0.6 is 23.6 Å². The van der Waals surface area contributed by atoms with E-state index in [2.05, 4.69) is 4.99 Å². The van der Waals surface area contributed by atoms with Crippen LogP contribution in [0.1, 0.15) is 22.9 Å². The second kappa shape index (κ2) is 7.33. The number of ether oxygens (including phenoxy) is 1. The lowest BCUT2D eigenvalue weighted by Crippen LogP contribution is -2.22. The van der Waals surface area contributed by atoms with Crippen molar-refractivity contribution in [1.29, 1.82) is 0 Å². The molecule has 10 heteroatoms. The molecule has 1 unspecified atom stereocenters. The Bertz CT molecular complexity index is 1050. The second-order valence-corrected chi connectivity index (χ2v) is 7.29. The first-order chi connectivity index (χ1) is 12.8. The minimum atomic E-state index is -1.49. The first-order valence-electron chi connectivity index (χ1n) is 7.65. The molecule has 0 radical (unpaired) electrons. The molecule has 0 aliphatic carbocycles. The number of nitrogens with zero attached hydrogens (tertiary/aromatic N) is 2. The summed E-state index contributed by atoms with van der Waals surface area (Å²) in [7, 11) is 1.56. The number of aromatic nitrogens is 1. The molecule has 3 N–H and O–H groups in total. The highest BCUT2D eigenvalue weighted by Crippen LogP contribution is 2.38. The van der Waals surface area contributed by atoms with Gasteiger partial charge in [-0.15, -0.1) is 11.3 Å². The molecule has 2 heterocycles. The van der Waals surface area contributed by atoms with Gasteiger partial charge in [-0.25, -0.2) is 4.79 Å². The summed E-state index contributed by atoms with van der Waals surface area (Å²) in [5, 5.41) is 28.7. The number of benzene rings is 1. The Kier molecular flexibility index (Phi) is 5.10. The predicted molar refractivity (Wildman–Crippen MR) is 103 cm³/mol. The van der Waals surface area contributed by atoms with Gasteiger partial charge in [0.1, 0.15) is 11.8 Å². The molecule has 2 aromatic rings. The lowest BCUT2D eigenvalue weighted by molar-refractivity contribution is -0.147. The first kappa shape index (κ1) is 18.8. The van der Waals surface area contributed by atoms with E-state index in [1.807, 2.05) is 6.07 Å². The number of hydrogen-bond acceptors (Lipinski definition) is 7. The van der Waals surface area contributed by atoms with E-state index in [9.17, 15) is 19.8 Å². The molecule has 0 fully saturated rings. The van der Waals surface area contributed by atoms with Crippen LogP contribution in [0.5, 0.6) is 11.6 Å². The molecule has 1 aromatic carbocycles. The highest BCUT2D eigenvalue weighted by molar-refractivity contribution is 7.73. The van der Waals surface area contributed by atoms with Crippen molar-refractivity contribution in [2.45, 2.75) is 12.5 Å².